The quantitative estimate of drug-likeness (QED) is 0.657. The molecule has 0 atom stereocenters. The van der Waals surface area contributed by atoms with E-state index in [2.05, 4.69) is 17.1 Å². The van der Waals surface area contributed by atoms with E-state index in [1.807, 2.05) is 10.2 Å². The summed E-state index contributed by atoms with van der Waals surface area (Å²) < 4.78 is 36.8. The molecule has 0 spiro atoms. The number of rotatable bonds is 7. The number of carbonyl (C=O) groups excluding carboxylic acids is 2. The number of amides is 2. The number of nitrogens with one attached hydrogen (secondary N) is 2. The number of hydrogen-bond acceptors (Lipinski definition) is 3. The maximum Gasteiger partial charge on any atom is 0.405 e. The Labute approximate surface area is 181 Å². The summed E-state index contributed by atoms with van der Waals surface area (Å²) >= 11 is 0. The van der Waals surface area contributed by atoms with Gasteiger partial charge in [0, 0.05) is 30.6 Å². The summed E-state index contributed by atoms with van der Waals surface area (Å²) in [5.41, 5.74) is 0.693. The maximum atomic E-state index is 12.9. The number of likely N-dealkylation sites (tertiary alicyclic amines) is 1. The Hall–Kier alpha value is -2.06. The zero-order valence-corrected chi connectivity index (χ0v) is 18.1. The van der Waals surface area contributed by atoms with E-state index in [-0.39, 0.29) is 23.4 Å². The Morgan fingerprint density at radius 1 is 1.16 bits per heavy atom. The molecular weight excluding hydrogens is 409 g/mol. The minimum Gasteiger partial charge on any atom is -0.342 e. The summed E-state index contributed by atoms with van der Waals surface area (Å²) in [5, 5.41) is 8.48. The second-order valence-electron chi connectivity index (χ2n) is 8.97. The summed E-state index contributed by atoms with van der Waals surface area (Å²) in [7, 11) is 0. The zero-order chi connectivity index (χ0) is 22.4. The predicted molar refractivity (Wildman–Crippen MR) is 111 cm³/mol. The van der Waals surface area contributed by atoms with Crippen molar-refractivity contribution in [1.82, 2.24) is 20.4 Å². The Morgan fingerprint density at radius 2 is 1.84 bits per heavy atom. The molecule has 0 radical (unpaired) electrons. The Bertz CT molecular complexity index is 733. The molecule has 0 bridgehead atoms. The first kappa shape index (κ1) is 23.6. The van der Waals surface area contributed by atoms with Crippen LogP contribution in [-0.4, -0.2) is 52.7 Å². The van der Waals surface area contributed by atoms with Crippen molar-refractivity contribution in [3.05, 3.63) is 17.5 Å². The van der Waals surface area contributed by atoms with E-state index in [0.717, 1.165) is 50.1 Å². The lowest BCUT2D eigenvalue weighted by molar-refractivity contribution is -0.138. The van der Waals surface area contributed by atoms with Gasteiger partial charge in [0.1, 0.15) is 12.2 Å². The van der Waals surface area contributed by atoms with E-state index in [1.54, 1.807) is 0 Å². The molecule has 2 N–H and O–H groups in total. The van der Waals surface area contributed by atoms with Gasteiger partial charge in [-0.1, -0.05) is 26.2 Å². The maximum absolute atomic E-state index is 12.9. The van der Waals surface area contributed by atoms with Crippen molar-refractivity contribution in [2.45, 2.75) is 76.8 Å². The van der Waals surface area contributed by atoms with Crippen LogP contribution in [0, 0.1) is 11.8 Å². The van der Waals surface area contributed by atoms with Crippen LogP contribution in [0.2, 0.25) is 0 Å². The molecule has 1 aliphatic heterocycles. The lowest BCUT2D eigenvalue weighted by atomic mass is 9.79. The van der Waals surface area contributed by atoms with Gasteiger partial charge in [-0.25, -0.2) is 0 Å². The minimum absolute atomic E-state index is 0.0439. The van der Waals surface area contributed by atoms with E-state index < -0.39 is 18.6 Å². The summed E-state index contributed by atoms with van der Waals surface area (Å²) in [6.07, 6.45) is 5.12. The number of hydrogen-bond donors (Lipinski definition) is 2. The molecule has 2 heterocycles. The van der Waals surface area contributed by atoms with Gasteiger partial charge in [0.15, 0.2) is 0 Å². The standard InChI is InChI=1S/C22H33F3N4O2/c1-2-3-4-15-5-7-17(8-6-15)21(31)29-11-9-16(10-12-29)18-13-19(28-27-18)20(30)26-14-22(23,24)25/h13,15-17H,2-12,14H2,1H3,(H,26,30)(H,27,28). The molecule has 1 saturated heterocycles. The molecule has 0 unspecified atom stereocenters. The second-order valence-corrected chi connectivity index (χ2v) is 8.97. The fourth-order valence-electron chi connectivity index (χ4n) is 4.79. The van der Waals surface area contributed by atoms with E-state index >= 15 is 0 Å². The van der Waals surface area contributed by atoms with Crippen molar-refractivity contribution in [1.29, 1.82) is 0 Å². The first-order valence-electron chi connectivity index (χ1n) is 11.5. The predicted octanol–water partition coefficient (Wildman–Crippen LogP) is 4.40. The lowest BCUT2D eigenvalue weighted by Crippen LogP contribution is -2.42. The number of carbonyl (C=O) groups is 2. The molecule has 2 fully saturated rings. The van der Waals surface area contributed by atoms with Crippen LogP contribution >= 0.6 is 0 Å². The van der Waals surface area contributed by atoms with Crippen molar-refractivity contribution in [2.75, 3.05) is 19.6 Å². The molecule has 31 heavy (non-hydrogen) atoms. The van der Waals surface area contributed by atoms with Crippen molar-refractivity contribution in [3.63, 3.8) is 0 Å². The van der Waals surface area contributed by atoms with Gasteiger partial charge in [-0.3, -0.25) is 14.7 Å². The normalized spacial score (nSPS) is 23.0. The van der Waals surface area contributed by atoms with Crippen LogP contribution in [0.3, 0.4) is 0 Å². The molecule has 2 aliphatic rings. The van der Waals surface area contributed by atoms with Gasteiger partial charge in [0.05, 0.1) is 0 Å². The molecule has 3 rings (SSSR count). The van der Waals surface area contributed by atoms with Crippen molar-refractivity contribution in [3.8, 4) is 0 Å². The highest BCUT2D eigenvalue weighted by molar-refractivity contribution is 5.92. The number of aromatic nitrogens is 2. The summed E-state index contributed by atoms with van der Waals surface area (Å²) in [6.45, 7) is 2.16. The van der Waals surface area contributed by atoms with Gasteiger partial charge < -0.3 is 10.2 Å². The third-order valence-electron chi connectivity index (χ3n) is 6.69. The SMILES string of the molecule is CCCCC1CCC(C(=O)N2CCC(c3cc(C(=O)NCC(F)(F)F)n[nH]3)CC2)CC1. The smallest absolute Gasteiger partial charge is 0.342 e. The summed E-state index contributed by atoms with van der Waals surface area (Å²) in [4.78, 5) is 26.7. The summed E-state index contributed by atoms with van der Waals surface area (Å²) in [5.74, 6) is 0.458. The second kappa shape index (κ2) is 10.5. The van der Waals surface area contributed by atoms with Crippen LogP contribution < -0.4 is 5.32 Å². The van der Waals surface area contributed by atoms with Crippen LogP contribution in [0.15, 0.2) is 6.07 Å². The first-order chi connectivity index (χ1) is 14.8. The molecule has 1 saturated carbocycles. The highest BCUT2D eigenvalue weighted by Crippen LogP contribution is 2.34. The van der Waals surface area contributed by atoms with E-state index in [1.165, 1.54) is 25.3 Å². The third kappa shape index (κ3) is 6.71. The number of aromatic amines is 1. The van der Waals surface area contributed by atoms with E-state index in [9.17, 15) is 22.8 Å². The number of halogens is 3. The van der Waals surface area contributed by atoms with E-state index in [4.69, 9.17) is 0 Å². The van der Waals surface area contributed by atoms with Crippen molar-refractivity contribution >= 4 is 11.8 Å². The number of H-pyrrole nitrogens is 1. The molecule has 2 amide bonds. The molecule has 0 aromatic carbocycles. The number of alkyl halides is 3. The van der Waals surface area contributed by atoms with Crippen molar-refractivity contribution < 1.29 is 22.8 Å². The third-order valence-corrected chi connectivity index (χ3v) is 6.69. The van der Waals surface area contributed by atoms with Crippen LogP contribution in [-0.2, 0) is 4.79 Å². The van der Waals surface area contributed by atoms with Gasteiger partial charge in [0.2, 0.25) is 5.91 Å². The molecule has 6 nitrogen and oxygen atoms in total. The van der Waals surface area contributed by atoms with Gasteiger partial charge in [-0.2, -0.15) is 18.3 Å². The zero-order valence-electron chi connectivity index (χ0n) is 18.1. The molecule has 9 heteroatoms. The number of nitrogens with zero attached hydrogens (tertiary/aromatic N) is 2. The van der Waals surface area contributed by atoms with Crippen molar-refractivity contribution in [2.24, 2.45) is 11.8 Å². The fraction of sp³-hybridized carbons (Fsp3) is 0.773. The highest BCUT2D eigenvalue weighted by atomic mass is 19.4. The van der Waals surface area contributed by atoms with Gasteiger partial charge >= 0.3 is 6.18 Å². The topological polar surface area (TPSA) is 78.1 Å². The molecule has 1 aliphatic carbocycles. The Kier molecular flexibility index (Phi) is 8.00. The van der Waals surface area contributed by atoms with E-state index in [0.29, 0.717) is 13.1 Å². The summed E-state index contributed by atoms with van der Waals surface area (Å²) in [6, 6.07) is 1.52. The first-order valence-corrected chi connectivity index (χ1v) is 11.5. The largest absolute Gasteiger partial charge is 0.405 e. The minimum atomic E-state index is -4.46. The fourth-order valence-corrected chi connectivity index (χ4v) is 4.79. The molecule has 174 valence electrons. The average Bonchev–Trinajstić information content (AvgIpc) is 3.26. The molecular formula is C22H33F3N4O2. The molecule has 1 aromatic heterocycles. The number of piperidine rings is 1. The highest BCUT2D eigenvalue weighted by Gasteiger charge is 2.32. The van der Waals surface area contributed by atoms with Crippen LogP contribution in [0.1, 0.15) is 86.8 Å². The average molecular weight is 443 g/mol. The van der Waals surface area contributed by atoms with Gasteiger partial charge in [0.25, 0.3) is 5.91 Å². The monoisotopic (exact) mass is 442 g/mol. The van der Waals surface area contributed by atoms with Gasteiger partial charge in [-0.05, 0) is 50.5 Å². The van der Waals surface area contributed by atoms with Gasteiger partial charge in [-0.15, -0.1) is 0 Å². The molecule has 1 aromatic rings. The lowest BCUT2D eigenvalue weighted by Gasteiger charge is -2.36. The van der Waals surface area contributed by atoms with Crippen LogP contribution in [0.5, 0.6) is 0 Å². The Balaban J connectivity index is 1.44. The number of unbranched alkanes of at least 4 members (excludes halogenated alkanes) is 1. The van der Waals surface area contributed by atoms with Crippen LogP contribution in [0.4, 0.5) is 13.2 Å². The van der Waals surface area contributed by atoms with Crippen LogP contribution in [0.25, 0.3) is 0 Å². The Morgan fingerprint density at radius 3 is 2.45 bits per heavy atom.